The highest BCUT2D eigenvalue weighted by atomic mass is 16.5. The van der Waals surface area contributed by atoms with Gasteiger partial charge in [0.05, 0.1) is 26.4 Å². The normalized spacial score (nSPS) is 24.9. The fourth-order valence-electron chi connectivity index (χ4n) is 5.13. The SMILES string of the molecule is CN=C(NCC(c1ccccc1OC)N1CCCC1)N1CCC(N2CCOCC2)C1. The molecule has 1 aromatic carbocycles. The maximum Gasteiger partial charge on any atom is 0.193 e. The van der Waals surface area contributed by atoms with Gasteiger partial charge < -0.3 is 19.7 Å². The smallest absolute Gasteiger partial charge is 0.193 e. The van der Waals surface area contributed by atoms with Crippen molar-refractivity contribution < 1.29 is 9.47 Å². The molecule has 3 saturated heterocycles. The molecule has 0 aromatic heterocycles. The number of morpholine rings is 1. The molecule has 0 amide bonds. The van der Waals surface area contributed by atoms with Gasteiger partial charge in [-0.2, -0.15) is 0 Å². The number of hydrogen-bond donors (Lipinski definition) is 1. The Morgan fingerprint density at radius 2 is 1.93 bits per heavy atom. The van der Waals surface area contributed by atoms with E-state index in [0.717, 1.165) is 70.7 Å². The molecular weight excluding hydrogens is 378 g/mol. The van der Waals surface area contributed by atoms with E-state index in [4.69, 9.17) is 9.47 Å². The molecule has 2 unspecified atom stereocenters. The minimum absolute atomic E-state index is 0.290. The molecule has 7 heteroatoms. The summed E-state index contributed by atoms with van der Waals surface area (Å²) in [6, 6.07) is 9.33. The Labute approximate surface area is 181 Å². The van der Waals surface area contributed by atoms with Gasteiger partial charge in [0.15, 0.2) is 5.96 Å². The molecule has 7 nitrogen and oxygen atoms in total. The summed E-state index contributed by atoms with van der Waals surface area (Å²) in [7, 11) is 3.67. The Balaban J connectivity index is 1.40. The topological polar surface area (TPSA) is 52.6 Å². The van der Waals surface area contributed by atoms with Gasteiger partial charge in [0.2, 0.25) is 0 Å². The molecule has 2 atom stereocenters. The lowest BCUT2D eigenvalue weighted by molar-refractivity contribution is 0.0194. The minimum Gasteiger partial charge on any atom is -0.496 e. The van der Waals surface area contributed by atoms with E-state index in [9.17, 15) is 0 Å². The Hall–Kier alpha value is -1.83. The third-order valence-electron chi connectivity index (χ3n) is 6.77. The lowest BCUT2D eigenvalue weighted by atomic mass is 10.0. The maximum atomic E-state index is 5.69. The Kier molecular flexibility index (Phi) is 7.47. The van der Waals surface area contributed by atoms with Crippen molar-refractivity contribution in [1.82, 2.24) is 20.0 Å². The van der Waals surface area contributed by atoms with Crippen molar-refractivity contribution in [1.29, 1.82) is 0 Å². The van der Waals surface area contributed by atoms with E-state index < -0.39 is 0 Å². The van der Waals surface area contributed by atoms with Crippen LogP contribution < -0.4 is 10.1 Å². The molecule has 3 fully saturated rings. The Bertz CT molecular complexity index is 701. The van der Waals surface area contributed by atoms with Crippen LogP contribution in [0.3, 0.4) is 0 Å². The summed E-state index contributed by atoms with van der Waals surface area (Å²) < 4.78 is 11.2. The third kappa shape index (κ3) is 4.90. The molecule has 1 N–H and O–H groups in total. The molecule has 30 heavy (non-hydrogen) atoms. The maximum absolute atomic E-state index is 5.69. The van der Waals surface area contributed by atoms with Crippen LogP contribution in [0.4, 0.5) is 0 Å². The van der Waals surface area contributed by atoms with Crippen molar-refractivity contribution in [2.75, 3.05) is 73.2 Å². The largest absolute Gasteiger partial charge is 0.496 e. The molecule has 0 saturated carbocycles. The van der Waals surface area contributed by atoms with E-state index >= 15 is 0 Å². The number of nitrogens with one attached hydrogen (secondary N) is 1. The molecular formula is C23H37N5O2. The monoisotopic (exact) mass is 415 g/mol. The number of benzene rings is 1. The Morgan fingerprint density at radius 1 is 1.17 bits per heavy atom. The van der Waals surface area contributed by atoms with E-state index in [1.807, 2.05) is 13.1 Å². The minimum atomic E-state index is 0.290. The van der Waals surface area contributed by atoms with Crippen LogP contribution in [0.5, 0.6) is 5.75 Å². The number of hydrogen-bond acceptors (Lipinski definition) is 5. The highest BCUT2D eigenvalue weighted by Crippen LogP contribution is 2.31. The van der Waals surface area contributed by atoms with Crippen molar-refractivity contribution in [3.05, 3.63) is 29.8 Å². The van der Waals surface area contributed by atoms with Gasteiger partial charge in [-0.15, -0.1) is 0 Å². The van der Waals surface area contributed by atoms with Crippen molar-refractivity contribution in [2.24, 2.45) is 4.99 Å². The van der Waals surface area contributed by atoms with Crippen LogP contribution in [0.25, 0.3) is 0 Å². The number of ether oxygens (including phenoxy) is 2. The summed E-state index contributed by atoms with van der Waals surface area (Å²) >= 11 is 0. The molecule has 0 bridgehead atoms. The first kappa shape index (κ1) is 21.4. The number of guanidine groups is 1. The van der Waals surface area contributed by atoms with Gasteiger partial charge >= 0.3 is 0 Å². The second kappa shape index (κ2) is 10.5. The van der Waals surface area contributed by atoms with Crippen LogP contribution in [-0.4, -0.2) is 99.9 Å². The van der Waals surface area contributed by atoms with Crippen LogP contribution >= 0.6 is 0 Å². The summed E-state index contributed by atoms with van der Waals surface area (Å²) in [5.41, 5.74) is 1.26. The molecule has 0 aliphatic carbocycles. The number of methoxy groups -OCH3 is 1. The lowest BCUT2D eigenvalue weighted by Gasteiger charge is -2.33. The predicted octanol–water partition coefficient (Wildman–Crippen LogP) is 1.81. The second-order valence-electron chi connectivity index (χ2n) is 8.47. The van der Waals surface area contributed by atoms with Gasteiger partial charge in [-0.25, -0.2) is 0 Å². The fraction of sp³-hybridized carbons (Fsp3) is 0.696. The van der Waals surface area contributed by atoms with Gasteiger partial charge in [0.25, 0.3) is 0 Å². The quantitative estimate of drug-likeness (QED) is 0.565. The first-order valence-corrected chi connectivity index (χ1v) is 11.4. The van der Waals surface area contributed by atoms with Gasteiger partial charge in [0, 0.05) is 51.4 Å². The average Bonchev–Trinajstić information content (AvgIpc) is 3.50. The number of para-hydroxylation sites is 1. The molecule has 3 aliphatic rings. The van der Waals surface area contributed by atoms with Gasteiger partial charge in [-0.3, -0.25) is 14.8 Å². The van der Waals surface area contributed by atoms with E-state index in [1.54, 1.807) is 7.11 Å². The summed E-state index contributed by atoms with van der Waals surface area (Å²) in [6.45, 7) is 9.06. The van der Waals surface area contributed by atoms with Crippen molar-refractivity contribution in [3.8, 4) is 5.75 Å². The van der Waals surface area contributed by atoms with E-state index in [2.05, 4.69) is 43.2 Å². The first-order valence-electron chi connectivity index (χ1n) is 11.4. The Morgan fingerprint density at radius 3 is 2.67 bits per heavy atom. The van der Waals surface area contributed by atoms with Crippen molar-refractivity contribution >= 4 is 5.96 Å². The summed E-state index contributed by atoms with van der Waals surface area (Å²) in [6.07, 6.45) is 3.74. The fourth-order valence-corrected chi connectivity index (χ4v) is 5.13. The van der Waals surface area contributed by atoms with Crippen LogP contribution in [0, 0.1) is 0 Å². The molecule has 3 heterocycles. The molecule has 1 aromatic rings. The van der Waals surface area contributed by atoms with Crippen molar-refractivity contribution in [2.45, 2.75) is 31.3 Å². The molecule has 4 rings (SSSR count). The lowest BCUT2D eigenvalue weighted by Crippen LogP contribution is -2.47. The zero-order chi connectivity index (χ0) is 20.8. The van der Waals surface area contributed by atoms with Crippen LogP contribution in [0.2, 0.25) is 0 Å². The highest BCUT2D eigenvalue weighted by molar-refractivity contribution is 5.80. The molecule has 0 spiro atoms. The summed E-state index contributed by atoms with van der Waals surface area (Å²) in [5, 5.41) is 3.70. The predicted molar refractivity (Wildman–Crippen MR) is 120 cm³/mol. The van der Waals surface area contributed by atoms with E-state index in [0.29, 0.717) is 6.04 Å². The van der Waals surface area contributed by atoms with Crippen molar-refractivity contribution in [3.63, 3.8) is 0 Å². The molecule has 3 aliphatic heterocycles. The van der Waals surface area contributed by atoms with Crippen LogP contribution in [0.15, 0.2) is 29.3 Å². The van der Waals surface area contributed by atoms with Gasteiger partial charge in [0.1, 0.15) is 5.75 Å². The number of rotatable bonds is 6. The summed E-state index contributed by atoms with van der Waals surface area (Å²) in [4.78, 5) is 12.2. The second-order valence-corrected chi connectivity index (χ2v) is 8.47. The zero-order valence-electron chi connectivity index (χ0n) is 18.6. The van der Waals surface area contributed by atoms with Crippen LogP contribution in [-0.2, 0) is 4.74 Å². The first-order chi connectivity index (χ1) is 14.8. The average molecular weight is 416 g/mol. The highest BCUT2D eigenvalue weighted by Gasteiger charge is 2.31. The van der Waals surface area contributed by atoms with E-state index in [1.165, 1.54) is 24.8 Å². The third-order valence-corrected chi connectivity index (χ3v) is 6.77. The number of nitrogens with zero attached hydrogens (tertiary/aromatic N) is 4. The number of likely N-dealkylation sites (tertiary alicyclic amines) is 2. The van der Waals surface area contributed by atoms with Gasteiger partial charge in [-0.1, -0.05) is 18.2 Å². The zero-order valence-corrected chi connectivity index (χ0v) is 18.6. The summed E-state index contributed by atoms with van der Waals surface area (Å²) in [5.74, 6) is 1.99. The van der Waals surface area contributed by atoms with Crippen LogP contribution in [0.1, 0.15) is 30.9 Å². The molecule has 166 valence electrons. The molecule has 0 radical (unpaired) electrons. The van der Waals surface area contributed by atoms with Gasteiger partial charge in [-0.05, 0) is 38.4 Å². The standard InChI is InChI=1S/C23H37N5O2/c1-24-23(28-12-9-19(18-28)26-13-15-30-16-14-26)25-17-21(27-10-5-6-11-27)20-7-3-4-8-22(20)29-2/h3-4,7-8,19,21H,5-6,9-18H2,1-2H3,(H,24,25). The number of aliphatic imine (C=N–C) groups is 1. The van der Waals surface area contributed by atoms with E-state index in [-0.39, 0.29) is 6.04 Å².